The molecule has 0 saturated heterocycles. The Morgan fingerprint density at radius 3 is 2.00 bits per heavy atom. The van der Waals surface area contributed by atoms with E-state index in [1.165, 1.54) is 75.5 Å². The first-order valence-electron chi connectivity index (χ1n) is 7.92. The van der Waals surface area contributed by atoms with Crippen LogP contribution in [0.2, 0.25) is 0 Å². The van der Waals surface area contributed by atoms with Crippen LogP contribution in [-0.4, -0.2) is 0 Å². The molecule has 1 aromatic rings. The summed E-state index contributed by atoms with van der Waals surface area (Å²) in [5.41, 5.74) is 0. The molecule has 1 heterocycles. The molecule has 1 heteroatoms. The van der Waals surface area contributed by atoms with Crippen molar-refractivity contribution in [2.24, 2.45) is 0 Å². The maximum absolute atomic E-state index is 5.38. The van der Waals surface area contributed by atoms with Gasteiger partial charge >= 0.3 is 0 Å². The molecule has 0 radical (unpaired) electrons. The monoisotopic (exact) mass is 276 g/mol. The lowest BCUT2D eigenvalue weighted by molar-refractivity contribution is 0.557. The maximum atomic E-state index is 5.38. The molecule has 0 fully saturated rings. The molecule has 0 saturated carbocycles. The van der Waals surface area contributed by atoms with E-state index in [4.69, 9.17) is 6.42 Å². The highest BCUT2D eigenvalue weighted by Gasteiger charge is 1.98. The van der Waals surface area contributed by atoms with Gasteiger partial charge in [0.1, 0.15) is 0 Å². The molecule has 0 aliphatic carbocycles. The zero-order valence-corrected chi connectivity index (χ0v) is 13.2. The minimum atomic E-state index is 1.07. The van der Waals surface area contributed by atoms with Crippen LogP contribution in [0.1, 0.15) is 80.9 Å². The molecule has 0 aliphatic heterocycles. The number of thiophene rings is 1. The smallest absolute Gasteiger partial charge is 0.0768 e. The van der Waals surface area contributed by atoms with Crippen molar-refractivity contribution in [1.82, 2.24) is 0 Å². The van der Waals surface area contributed by atoms with Crippen LogP contribution in [0.5, 0.6) is 0 Å². The van der Waals surface area contributed by atoms with Gasteiger partial charge in [0.05, 0.1) is 4.88 Å². The van der Waals surface area contributed by atoms with Crippen molar-refractivity contribution in [1.29, 1.82) is 0 Å². The van der Waals surface area contributed by atoms with Gasteiger partial charge in [-0.05, 0) is 25.0 Å². The number of terminal acetylenes is 1. The normalized spacial score (nSPS) is 10.5. The van der Waals surface area contributed by atoms with Crippen LogP contribution in [0, 0.1) is 12.3 Å². The zero-order chi connectivity index (χ0) is 13.8. The van der Waals surface area contributed by atoms with Gasteiger partial charge in [-0.2, -0.15) is 0 Å². The van der Waals surface area contributed by atoms with E-state index in [1.54, 1.807) is 11.3 Å². The molecule has 1 rings (SSSR count). The van der Waals surface area contributed by atoms with E-state index in [0.29, 0.717) is 0 Å². The van der Waals surface area contributed by atoms with Crippen LogP contribution in [0.3, 0.4) is 0 Å². The van der Waals surface area contributed by atoms with E-state index in [-0.39, 0.29) is 0 Å². The van der Waals surface area contributed by atoms with Crippen LogP contribution in [-0.2, 0) is 6.42 Å². The van der Waals surface area contributed by atoms with Gasteiger partial charge in [0.25, 0.3) is 0 Å². The van der Waals surface area contributed by atoms with Crippen molar-refractivity contribution in [2.45, 2.75) is 77.6 Å². The lowest BCUT2D eigenvalue weighted by Gasteiger charge is -2.01. The Bertz CT molecular complexity index is 356. The highest BCUT2D eigenvalue weighted by atomic mass is 32.1. The first-order valence-corrected chi connectivity index (χ1v) is 8.73. The van der Waals surface area contributed by atoms with Crippen molar-refractivity contribution in [3.63, 3.8) is 0 Å². The van der Waals surface area contributed by atoms with Gasteiger partial charge in [0, 0.05) is 4.88 Å². The summed E-state index contributed by atoms with van der Waals surface area (Å²) in [6.07, 6.45) is 20.6. The molecule has 0 nitrogen and oxygen atoms in total. The second kappa shape index (κ2) is 11.1. The minimum Gasteiger partial charge on any atom is -0.132 e. The molecular weight excluding hydrogens is 248 g/mol. The fourth-order valence-electron chi connectivity index (χ4n) is 2.38. The van der Waals surface area contributed by atoms with E-state index in [2.05, 4.69) is 25.0 Å². The van der Waals surface area contributed by atoms with E-state index in [0.717, 1.165) is 4.88 Å². The summed E-state index contributed by atoms with van der Waals surface area (Å²) >= 11 is 1.78. The largest absolute Gasteiger partial charge is 0.132 e. The summed E-state index contributed by atoms with van der Waals surface area (Å²) in [6, 6.07) is 4.25. The summed E-state index contributed by atoms with van der Waals surface area (Å²) in [6.45, 7) is 2.28. The van der Waals surface area contributed by atoms with Gasteiger partial charge < -0.3 is 0 Å². The van der Waals surface area contributed by atoms with Crippen LogP contribution in [0.4, 0.5) is 0 Å². The molecule has 0 aromatic carbocycles. The second-order valence-corrected chi connectivity index (χ2v) is 6.51. The topological polar surface area (TPSA) is 0 Å². The molecule has 1 aromatic heterocycles. The molecule has 19 heavy (non-hydrogen) atoms. The van der Waals surface area contributed by atoms with Crippen LogP contribution in [0.15, 0.2) is 12.1 Å². The summed E-state index contributed by atoms with van der Waals surface area (Å²) in [4.78, 5) is 2.52. The van der Waals surface area contributed by atoms with E-state index in [1.807, 2.05) is 0 Å². The first-order chi connectivity index (χ1) is 9.36. The Balaban J connectivity index is 1.87. The van der Waals surface area contributed by atoms with Gasteiger partial charge in [-0.25, -0.2) is 0 Å². The Hall–Kier alpha value is -0.740. The van der Waals surface area contributed by atoms with Gasteiger partial charge in [-0.3, -0.25) is 0 Å². The molecule has 0 unspecified atom stereocenters. The average Bonchev–Trinajstić information content (AvgIpc) is 2.89. The third-order valence-corrected chi connectivity index (χ3v) is 4.66. The maximum Gasteiger partial charge on any atom is 0.0768 e. The molecule has 0 spiro atoms. The Morgan fingerprint density at radius 2 is 1.47 bits per heavy atom. The van der Waals surface area contributed by atoms with Gasteiger partial charge in [0.2, 0.25) is 0 Å². The van der Waals surface area contributed by atoms with Crippen LogP contribution < -0.4 is 0 Å². The second-order valence-electron chi connectivity index (χ2n) is 5.34. The SMILES string of the molecule is C#Cc1ccc(CCCCCCCCCCCC)s1. The van der Waals surface area contributed by atoms with Crippen molar-refractivity contribution >= 4 is 11.3 Å². The predicted octanol–water partition coefficient (Wildman–Crippen LogP) is 6.19. The predicted molar refractivity (Wildman–Crippen MR) is 87.8 cm³/mol. The van der Waals surface area contributed by atoms with E-state index >= 15 is 0 Å². The lowest BCUT2D eigenvalue weighted by atomic mass is 10.1. The standard InChI is InChI=1S/C18H28S/c1-3-5-6-7-8-9-10-11-12-13-14-18-16-15-17(4-2)19-18/h2,15-16H,3,5-14H2,1H3. The Labute approximate surface area is 123 Å². The highest BCUT2D eigenvalue weighted by Crippen LogP contribution is 2.18. The Morgan fingerprint density at radius 1 is 0.895 bits per heavy atom. The van der Waals surface area contributed by atoms with Crippen molar-refractivity contribution < 1.29 is 0 Å². The molecule has 0 aliphatic rings. The van der Waals surface area contributed by atoms with Crippen LogP contribution in [0.25, 0.3) is 0 Å². The molecular formula is C18H28S. The summed E-state index contributed by atoms with van der Waals surface area (Å²) in [7, 11) is 0. The number of hydrogen-bond acceptors (Lipinski definition) is 1. The zero-order valence-electron chi connectivity index (χ0n) is 12.4. The molecule has 0 atom stereocenters. The van der Waals surface area contributed by atoms with Gasteiger partial charge in [0.15, 0.2) is 0 Å². The molecule has 0 N–H and O–H groups in total. The summed E-state index contributed by atoms with van der Waals surface area (Å²) in [5.74, 6) is 2.71. The number of rotatable bonds is 11. The summed E-state index contributed by atoms with van der Waals surface area (Å²) < 4.78 is 0. The van der Waals surface area contributed by atoms with E-state index in [9.17, 15) is 0 Å². The fraction of sp³-hybridized carbons (Fsp3) is 0.667. The Kier molecular flexibility index (Phi) is 9.55. The number of unbranched alkanes of at least 4 members (excludes halogenated alkanes) is 9. The minimum absolute atomic E-state index is 1.07. The average molecular weight is 276 g/mol. The highest BCUT2D eigenvalue weighted by molar-refractivity contribution is 7.12. The fourth-order valence-corrected chi connectivity index (χ4v) is 3.24. The lowest BCUT2D eigenvalue weighted by Crippen LogP contribution is -1.84. The quantitative estimate of drug-likeness (QED) is 0.334. The molecule has 0 bridgehead atoms. The van der Waals surface area contributed by atoms with Gasteiger partial charge in [-0.15, -0.1) is 17.8 Å². The third-order valence-electron chi connectivity index (χ3n) is 3.58. The number of hydrogen-bond donors (Lipinski definition) is 0. The first kappa shape index (κ1) is 16.3. The van der Waals surface area contributed by atoms with Crippen LogP contribution >= 0.6 is 11.3 Å². The molecule has 106 valence electrons. The van der Waals surface area contributed by atoms with Gasteiger partial charge in [-0.1, -0.05) is 70.6 Å². The van der Waals surface area contributed by atoms with Crippen molar-refractivity contribution in [3.05, 3.63) is 21.9 Å². The molecule has 0 amide bonds. The van der Waals surface area contributed by atoms with Crippen molar-refractivity contribution in [3.8, 4) is 12.3 Å². The summed E-state index contributed by atoms with van der Waals surface area (Å²) in [5, 5.41) is 0. The van der Waals surface area contributed by atoms with Crippen molar-refractivity contribution in [2.75, 3.05) is 0 Å². The third kappa shape index (κ3) is 8.11. The number of aryl methyl sites for hydroxylation is 1. The van der Waals surface area contributed by atoms with E-state index < -0.39 is 0 Å².